The van der Waals surface area contributed by atoms with E-state index in [1.54, 1.807) is 0 Å². The first-order valence-electron chi connectivity index (χ1n) is 8.17. The molecule has 2 fully saturated rings. The lowest BCUT2D eigenvalue weighted by atomic mass is 9.79. The van der Waals surface area contributed by atoms with Crippen LogP contribution in [0.25, 0.3) is 0 Å². The van der Waals surface area contributed by atoms with Crippen molar-refractivity contribution in [3.63, 3.8) is 0 Å². The average Bonchev–Trinajstić information content (AvgIpc) is 2.63. The summed E-state index contributed by atoms with van der Waals surface area (Å²) in [6.45, 7) is 6.74. The Hall–Kier alpha value is -0.120. The van der Waals surface area contributed by atoms with E-state index < -0.39 is 0 Å². The summed E-state index contributed by atoms with van der Waals surface area (Å²) in [5, 5.41) is 7.34. The topological polar surface area (TPSA) is 33.3 Å². The van der Waals surface area contributed by atoms with Crippen LogP contribution in [0.3, 0.4) is 0 Å². The molecule has 1 aliphatic heterocycles. The van der Waals surface area contributed by atoms with Gasteiger partial charge in [0.25, 0.3) is 0 Å². The smallest absolute Gasteiger partial charge is 0.0531 e. The van der Waals surface area contributed by atoms with E-state index in [4.69, 9.17) is 4.74 Å². The summed E-state index contributed by atoms with van der Waals surface area (Å²) in [6, 6.07) is 0.744. The molecule has 1 aliphatic carbocycles. The van der Waals surface area contributed by atoms with Gasteiger partial charge in [0.1, 0.15) is 0 Å². The van der Waals surface area contributed by atoms with E-state index in [-0.39, 0.29) is 0 Å². The molecule has 2 unspecified atom stereocenters. The van der Waals surface area contributed by atoms with E-state index in [2.05, 4.69) is 17.6 Å². The summed E-state index contributed by atoms with van der Waals surface area (Å²) in [5.41, 5.74) is 0.373. The van der Waals surface area contributed by atoms with Gasteiger partial charge in [-0.3, -0.25) is 0 Å². The fourth-order valence-corrected chi connectivity index (χ4v) is 3.69. The van der Waals surface area contributed by atoms with Crippen molar-refractivity contribution in [2.45, 2.75) is 57.9 Å². The number of hydrogen-bond donors (Lipinski definition) is 2. The molecule has 19 heavy (non-hydrogen) atoms. The molecule has 0 spiro atoms. The fourth-order valence-electron chi connectivity index (χ4n) is 3.69. The van der Waals surface area contributed by atoms with Crippen LogP contribution in [0, 0.1) is 11.3 Å². The van der Waals surface area contributed by atoms with Crippen LogP contribution < -0.4 is 10.6 Å². The molecule has 0 aromatic rings. The third-order valence-electron chi connectivity index (χ3n) is 5.14. The molecule has 2 atom stereocenters. The monoisotopic (exact) mass is 268 g/mol. The summed E-state index contributed by atoms with van der Waals surface area (Å²) in [4.78, 5) is 0. The van der Waals surface area contributed by atoms with E-state index in [0.29, 0.717) is 5.41 Å². The van der Waals surface area contributed by atoms with E-state index in [9.17, 15) is 0 Å². The third-order valence-corrected chi connectivity index (χ3v) is 5.14. The minimum atomic E-state index is 0.373. The molecule has 1 saturated heterocycles. The predicted molar refractivity (Wildman–Crippen MR) is 80.5 cm³/mol. The zero-order valence-corrected chi connectivity index (χ0v) is 12.8. The lowest BCUT2D eigenvalue weighted by Gasteiger charge is -2.38. The number of ether oxygens (including phenoxy) is 1. The molecular weight excluding hydrogens is 236 g/mol. The molecule has 3 nitrogen and oxygen atoms in total. The van der Waals surface area contributed by atoms with Crippen LogP contribution in [0.4, 0.5) is 0 Å². The van der Waals surface area contributed by atoms with E-state index in [1.807, 2.05) is 7.11 Å². The number of piperidine rings is 1. The summed E-state index contributed by atoms with van der Waals surface area (Å²) >= 11 is 0. The first kappa shape index (κ1) is 15.3. The van der Waals surface area contributed by atoms with Crippen molar-refractivity contribution < 1.29 is 4.74 Å². The number of hydrogen-bond acceptors (Lipinski definition) is 3. The van der Waals surface area contributed by atoms with Gasteiger partial charge in [-0.1, -0.05) is 19.8 Å². The van der Waals surface area contributed by atoms with Crippen molar-refractivity contribution in [3.05, 3.63) is 0 Å². The van der Waals surface area contributed by atoms with Crippen molar-refractivity contribution in [1.29, 1.82) is 0 Å². The Kier molecular flexibility index (Phi) is 6.11. The Morgan fingerprint density at radius 2 is 1.95 bits per heavy atom. The molecule has 1 saturated carbocycles. The molecular formula is C16H32N2O. The van der Waals surface area contributed by atoms with Gasteiger partial charge >= 0.3 is 0 Å². The minimum Gasteiger partial charge on any atom is -0.384 e. The zero-order valence-electron chi connectivity index (χ0n) is 12.8. The predicted octanol–water partition coefficient (Wildman–Crippen LogP) is 2.56. The highest BCUT2D eigenvalue weighted by atomic mass is 16.5. The number of rotatable bonds is 5. The van der Waals surface area contributed by atoms with Crippen LogP contribution in [0.15, 0.2) is 0 Å². The van der Waals surface area contributed by atoms with E-state index in [0.717, 1.165) is 38.2 Å². The molecule has 0 radical (unpaired) electrons. The Labute approximate surface area is 118 Å². The van der Waals surface area contributed by atoms with Crippen LogP contribution in [0.1, 0.15) is 51.9 Å². The third kappa shape index (κ3) is 4.73. The lowest BCUT2D eigenvalue weighted by Crippen LogP contribution is -2.48. The minimum absolute atomic E-state index is 0.373. The quantitative estimate of drug-likeness (QED) is 0.752. The van der Waals surface area contributed by atoms with Gasteiger partial charge in [-0.05, 0) is 51.1 Å². The van der Waals surface area contributed by atoms with Crippen molar-refractivity contribution in [2.75, 3.05) is 33.4 Å². The molecule has 2 rings (SSSR count). The van der Waals surface area contributed by atoms with Crippen molar-refractivity contribution in [3.8, 4) is 0 Å². The van der Waals surface area contributed by atoms with Gasteiger partial charge in [0.2, 0.25) is 0 Å². The van der Waals surface area contributed by atoms with Crippen LogP contribution in [0.2, 0.25) is 0 Å². The summed E-state index contributed by atoms with van der Waals surface area (Å²) in [5.74, 6) is 0.929. The van der Waals surface area contributed by atoms with Gasteiger partial charge in [0.15, 0.2) is 0 Å². The second kappa shape index (κ2) is 7.61. The summed E-state index contributed by atoms with van der Waals surface area (Å²) in [6.07, 6.45) is 9.45. The van der Waals surface area contributed by atoms with E-state index in [1.165, 1.54) is 44.9 Å². The highest BCUT2D eigenvalue weighted by Crippen LogP contribution is 2.29. The van der Waals surface area contributed by atoms with Crippen molar-refractivity contribution in [2.24, 2.45) is 11.3 Å². The maximum absolute atomic E-state index is 5.50. The summed E-state index contributed by atoms with van der Waals surface area (Å²) in [7, 11) is 1.84. The number of nitrogens with one attached hydrogen (secondary N) is 2. The number of methoxy groups -OCH3 is 1. The second-order valence-corrected chi connectivity index (χ2v) is 6.87. The Balaban J connectivity index is 1.80. The molecule has 1 heterocycles. The lowest BCUT2D eigenvalue weighted by molar-refractivity contribution is 0.0510. The summed E-state index contributed by atoms with van der Waals surface area (Å²) < 4.78 is 5.50. The molecule has 2 aliphatic rings. The highest BCUT2D eigenvalue weighted by molar-refractivity contribution is 4.88. The first-order valence-corrected chi connectivity index (χ1v) is 8.17. The maximum Gasteiger partial charge on any atom is 0.0531 e. The largest absolute Gasteiger partial charge is 0.384 e. The van der Waals surface area contributed by atoms with Gasteiger partial charge in [-0.25, -0.2) is 0 Å². The molecule has 3 heteroatoms. The van der Waals surface area contributed by atoms with Gasteiger partial charge in [-0.15, -0.1) is 0 Å². The van der Waals surface area contributed by atoms with Gasteiger partial charge in [-0.2, -0.15) is 0 Å². The molecule has 0 amide bonds. The first-order chi connectivity index (χ1) is 9.24. The van der Waals surface area contributed by atoms with Crippen LogP contribution in [-0.2, 0) is 4.74 Å². The van der Waals surface area contributed by atoms with Gasteiger partial charge < -0.3 is 15.4 Å². The SMILES string of the molecule is COCC1(CNC2CCCC(C)CC2)CCNCC1. The highest BCUT2D eigenvalue weighted by Gasteiger charge is 2.32. The molecule has 2 N–H and O–H groups in total. The molecule has 0 aromatic carbocycles. The zero-order chi connectivity index (χ0) is 13.6. The van der Waals surface area contributed by atoms with Gasteiger partial charge in [0.05, 0.1) is 6.61 Å². The molecule has 0 bridgehead atoms. The standard InChI is InChI=1S/C16H32N2O/c1-14-4-3-5-15(7-6-14)18-12-16(13-19-2)8-10-17-11-9-16/h14-15,17-18H,3-13H2,1-2H3. The van der Waals surface area contributed by atoms with Crippen LogP contribution in [-0.4, -0.2) is 39.4 Å². The average molecular weight is 268 g/mol. The second-order valence-electron chi connectivity index (χ2n) is 6.87. The normalized spacial score (nSPS) is 31.9. The van der Waals surface area contributed by atoms with Crippen LogP contribution >= 0.6 is 0 Å². The van der Waals surface area contributed by atoms with Crippen molar-refractivity contribution in [1.82, 2.24) is 10.6 Å². The fraction of sp³-hybridized carbons (Fsp3) is 1.00. The molecule has 0 aromatic heterocycles. The Bertz CT molecular complexity index is 246. The van der Waals surface area contributed by atoms with Gasteiger partial charge in [0, 0.05) is 25.1 Å². The maximum atomic E-state index is 5.50. The molecule has 112 valence electrons. The Morgan fingerprint density at radius 1 is 1.16 bits per heavy atom. The Morgan fingerprint density at radius 3 is 2.68 bits per heavy atom. The van der Waals surface area contributed by atoms with Crippen LogP contribution in [0.5, 0.6) is 0 Å². The van der Waals surface area contributed by atoms with Crippen molar-refractivity contribution >= 4 is 0 Å². The van der Waals surface area contributed by atoms with E-state index >= 15 is 0 Å².